The normalized spacial score (nSPS) is 11.0. The summed E-state index contributed by atoms with van der Waals surface area (Å²) in [6.07, 6.45) is 0. The molecule has 0 fully saturated rings. The van der Waals surface area contributed by atoms with E-state index < -0.39 is 0 Å². The number of hydrogen-bond acceptors (Lipinski definition) is 1. The van der Waals surface area contributed by atoms with Crippen LogP contribution in [0.1, 0.15) is 0 Å². The van der Waals surface area contributed by atoms with Gasteiger partial charge < -0.3 is 4.90 Å². The first kappa shape index (κ1) is 32.0. The van der Waals surface area contributed by atoms with Crippen molar-refractivity contribution in [1.82, 2.24) is 0 Å². The summed E-state index contributed by atoms with van der Waals surface area (Å²) in [6, 6.07) is 80.8. The van der Waals surface area contributed by atoms with Crippen LogP contribution in [0.15, 0.2) is 224 Å². The lowest BCUT2D eigenvalue weighted by Crippen LogP contribution is -2.10. The standard InChI is InChI=1S/C52H37N/c1-3-12-38(13-4-1)41-26-30-50(31-27-41)53(52-23-11-22-48(37-52)46-20-9-18-44(34-46)39-14-5-2-6-15-39)51-32-28-42(29-33-51)45-19-10-21-47(35-45)49-25-24-40-16-7-8-17-43(40)36-49/h1-37H. The van der Waals surface area contributed by atoms with Gasteiger partial charge in [0, 0.05) is 17.1 Å². The fourth-order valence-electron chi connectivity index (χ4n) is 7.26. The van der Waals surface area contributed by atoms with Crippen LogP contribution in [-0.2, 0) is 0 Å². The van der Waals surface area contributed by atoms with E-state index in [1.807, 2.05) is 0 Å². The minimum atomic E-state index is 1.10. The average Bonchev–Trinajstić information content (AvgIpc) is 3.25. The summed E-state index contributed by atoms with van der Waals surface area (Å²) in [4.78, 5) is 2.36. The lowest BCUT2D eigenvalue weighted by Gasteiger charge is -2.26. The Labute approximate surface area is 311 Å². The Morgan fingerprint density at radius 2 is 0.547 bits per heavy atom. The molecule has 9 aromatic carbocycles. The molecule has 0 N–H and O–H groups in total. The predicted octanol–water partition coefficient (Wildman–Crippen LogP) is 14.6. The minimum Gasteiger partial charge on any atom is -0.310 e. The smallest absolute Gasteiger partial charge is 0.0467 e. The molecule has 9 rings (SSSR count). The Kier molecular flexibility index (Phi) is 8.66. The van der Waals surface area contributed by atoms with Gasteiger partial charge in [-0.2, -0.15) is 0 Å². The van der Waals surface area contributed by atoms with Crippen molar-refractivity contribution >= 4 is 27.8 Å². The molecule has 0 aliphatic carbocycles. The van der Waals surface area contributed by atoms with Crippen LogP contribution in [0.2, 0.25) is 0 Å². The summed E-state index contributed by atoms with van der Waals surface area (Å²) in [7, 11) is 0. The molecule has 0 aliphatic rings. The van der Waals surface area contributed by atoms with Gasteiger partial charge in [0.05, 0.1) is 0 Å². The van der Waals surface area contributed by atoms with E-state index in [1.54, 1.807) is 0 Å². The van der Waals surface area contributed by atoms with Crippen LogP contribution in [0.5, 0.6) is 0 Å². The van der Waals surface area contributed by atoms with E-state index in [9.17, 15) is 0 Å². The summed E-state index contributed by atoms with van der Waals surface area (Å²) in [5.41, 5.74) is 15.3. The van der Waals surface area contributed by atoms with Crippen LogP contribution in [0, 0.1) is 0 Å². The number of hydrogen-bond donors (Lipinski definition) is 0. The Hall–Kier alpha value is -6.96. The van der Waals surface area contributed by atoms with Gasteiger partial charge in [-0.15, -0.1) is 0 Å². The maximum atomic E-state index is 2.36. The van der Waals surface area contributed by atoms with Gasteiger partial charge in [0.2, 0.25) is 0 Å². The van der Waals surface area contributed by atoms with Crippen LogP contribution < -0.4 is 4.90 Å². The van der Waals surface area contributed by atoms with E-state index in [1.165, 1.54) is 66.4 Å². The topological polar surface area (TPSA) is 3.24 Å². The average molecular weight is 676 g/mol. The monoisotopic (exact) mass is 675 g/mol. The summed E-state index contributed by atoms with van der Waals surface area (Å²) in [6.45, 7) is 0. The summed E-state index contributed by atoms with van der Waals surface area (Å²) >= 11 is 0. The SMILES string of the molecule is c1ccc(-c2ccc(N(c3ccc(-c4cccc(-c5ccc6ccccc6c5)c4)cc3)c3cccc(-c4cccc(-c5ccccc5)c4)c3)cc2)cc1. The van der Waals surface area contributed by atoms with Gasteiger partial charge in [0.15, 0.2) is 0 Å². The number of benzene rings is 9. The number of fused-ring (bicyclic) bond motifs is 1. The van der Waals surface area contributed by atoms with Crippen LogP contribution in [0.4, 0.5) is 17.1 Å². The molecule has 1 nitrogen and oxygen atoms in total. The summed E-state index contributed by atoms with van der Waals surface area (Å²) in [5, 5.41) is 2.51. The fraction of sp³-hybridized carbons (Fsp3) is 0. The second-order valence-corrected chi connectivity index (χ2v) is 13.4. The van der Waals surface area contributed by atoms with E-state index in [-0.39, 0.29) is 0 Å². The Bertz CT molecular complexity index is 2640. The molecule has 53 heavy (non-hydrogen) atoms. The highest BCUT2D eigenvalue weighted by atomic mass is 15.1. The Morgan fingerprint density at radius 1 is 0.189 bits per heavy atom. The molecule has 0 unspecified atom stereocenters. The van der Waals surface area contributed by atoms with E-state index in [4.69, 9.17) is 0 Å². The molecule has 9 aromatic rings. The van der Waals surface area contributed by atoms with Crippen LogP contribution in [0.25, 0.3) is 66.4 Å². The van der Waals surface area contributed by atoms with Crippen molar-refractivity contribution in [2.45, 2.75) is 0 Å². The molecule has 0 heterocycles. The lowest BCUT2D eigenvalue weighted by molar-refractivity contribution is 1.28. The van der Waals surface area contributed by atoms with Gasteiger partial charge in [-0.3, -0.25) is 0 Å². The van der Waals surface area contributed by atoms with E-state index in [0.29, 0.717) is 0 Å². The Morgan fingerprint density at radius 3 is 1.11 bits per heavy atom. The molecule has 0 aliphatic heterocycles. The zero-order chi connectivity index (χ0) is 35.4. The highest BCUT2D eigenvalue weighted by molar-refractivity contribution is 5.88. The quantitative estimate of drug-likeness (QED) is 0.155. The predicted molar refractivity (Wildman–Crippen MR) is 226 cm³/mol. The van der Waals surface area contributed by atoms with E-state index in [2.05, 4.69) is 229 Å². The van der Waals surface area contributed by atoms with Gasteiger partial charge in [0.25, 0.3) is 0 Å². The van der Waals surface area contributed by atoms with Crippen LogP contribution in [0.3, 0.4) is 0 Å². The van der Waals surface area contributed by atoms with Crippen LogP contribution in [-0.4, -0.2) is 0 Å². The van der Waals surface area contributed by atoms with Gasteiger partial charge in [-0.05, 0) is 121 Å². The molecule has 0 radical (unpaired) electrons. The number of anilines is 3. The molecule has 250 valence electrons. The third kappa shape index (κ3) is 6.77. The second-order valence-electron chi connectivity index (χ2n) is 13.4. The summed E-state index contributed by atoms with van der Waals surface area (Å²) < 4.78 is 0. The molecule has 0 atom stereocenters. The molecule has 1 heteroatoms. The number of rotatable bonds is 8. The largest absolute Gasteiger partial charge is 0.310 e. The molecule has 0 bridgehead atoms. The van der Waals surface area contributed by atoms with Gasteiger partial charge in [0.1, 0.15) is 0 Å². The lowest BCUT2D eigenvalue weighted by atomic mass is 9.97. The molecular formula is C52H37N. The van der Waals surface area contributed by atoms with E-state index in [0.717, 1.165) is 17.1 Å². The van der Waals surface area contributed by atoms with Crippen molar-refractivity contribution in [2.24, 2.45) is 0 Å². The third-order valence-corrected chi connectivity index (χ3v) is 10.0. The highest BCUT2D eigenvalue weighted by Crippen LogP contribution is 2.39. The van der Waals surface area contributed by atoms with E-state index >= 15 is 0 Å². The maximum Gasteiger partial charge on any atom is 0.0467 e. The van der Waals surface area contributed by atoms with Gasteiger partial charge in [-0.25, -0.2) is 0 Å². The zero-order valence-corrected chi connectivity index (χ0v) is 29.3. The Balaban J connectivity index is 1.08. The molecule has 0 spiro atoms. The first-order chi connectivity index (χ1) is 26.2. The van der Waals surface area contributed by atoms with Crippen molar-refractivity contribution in [3.05, 3.63) is 224 Å². The van der Waals surface area contributed by atoms with Crippen molar-refractivity contribution < 1.29 is 0 Å². The minimum absolute atomic E-state index is 1.10. The first-order valence-corrected chi connectivity index (χ1v) is 18.2. The fourth-order valence-corrected chi connectivity index (χ4v) is 7.26. The highest BCUT2D eigenvalue weighted by Gasteiger charge is 2.15. The van der Waals surface area contributed by atoms with Gasteiger partial charge in [-0.1, -0.05) is 170 Å². The van der Waals surface area contributed by atoms with Crippen molar-refractivity contribution in [3.63, 3.8) is 0 Å². The third-order valence-electron chi connectivity index (χ3n) is 10.0. The first-order valence-electron chi connectivity index (χ1n) is 18.2. The molecule has 0 saturated heterocycles. The molecular weight excluding hydrogens is 639 g/mol. The van der Waals surface area contributed by atoms with Crippen molar-refractivity contribution in [2.75, 3.05) is 4.90 Å². The van der Waals surface area contributed by atoms with Crippen LogP contribution >= 0.6 is 0 Å². The maximum absolute atomic E-state index is 2.36. The molecule has 0 aromatic heterocycles. The van der Waals surface area contributed by atoms with Gasteiger partial charge >= 0.3 is 0 Å². The molecule has 0 saturated carbocycles. The van der Waals surface area contributed by atoms with Crippen molar-refractivity contribution in [3.8, 4) is 55.6 Å². The second kappa shape index (κ2) is 14.3. The zero-order valence-electron chi connectivity index (χ0n) is 29.3. The molecule has 0 amide bonds. The summed E-state index contributed by atoms with van der Waals surface area (Å²) in [5.74, 6) is 0. The van der Waals surface area contributed by atoms with Crippen molar-refractivity contribution in [1.29, 1.82) is 0 Å². The number of nitrogens with zero attached hydrogens (tertiary/aromatic N) is 1.